The molecule has 1 fully saturated rings. The smallest absolute Gasteiger partial charge is 0.328 e. The normalized spacial score (nSPS) is 29.1. The number of H-pyrrole nitrogens is 1. The zero-order chi connectivity index (χ0) is 14.9. The summed E-state index contributed by atoms with van der Waals surface area (Å²) in [5, 5.41) is 12.3. The van der Waals surface area contributed by atoms with Gasteiger partial charge in [-0.3, -0.25) is 9.78 Å². The number of alkyl halides is 1. The highest BCUT2D eigenvalue weighted by atomic mass is 19.1. The highest BCUT2D eigenvalue weighted by Gasteiger charge is 2.46. The summed E-state index contributed by atoms with van der Waals surface area (Å²) in [5.74, 6) is 0. The number of hydrogen-bond donors (Lipinski definition) is 2. The van der Waals surface area contributed by atoms with Crippen LogP contribution in [0.1, 0.15) is 11.7 Å². The third-order valence-corrected chi connectivity index (χ3v) is 3.12. The van der Waals surface area contributed by atoms with Crippen LogP contribution in [-0.2, 0) is 11.8 Å². The zero-order valence-corrected chi connectivity index (χ0v) is 10.4. The Morgan fingerprint density at radius 2 is 2.35 bits per heavy atom. The fourth-order valence-corrected chi connectivity index (χ4v) is 2.11. The second kappa shape index (κ2) is 5.45. The average molecular weight is 285 g/mol. The van der Waals surface area contributed by atoms with Crippen molar-refractivity contribution in [2.24, 2.45) is 12.2 Å². The topological polar surface area (TPSA) is 133 Å². The molecule has 0 aromatic carbocycles. The first-order valence-corrected chi connectivity index (χ1v) is 5.74. The minimum Gasteiger partial charge on any atom is -0.394 e. The van der Waals surface area contributed by atoms with Crippen molar-refractivity contribution in [2.45, 2.75) is 24.4 Å². The number of halogens is 1. The average Bonchev–Trinajstić information content (AvgIpc) is 2.72. The maximum Gasteiger partial charge on any atom is 0.328 e. The van der Waals surface area contributed by atoms with Gasteiger partial charge in [0.2, 0.25) is 0 Å². The van der Waals surface area contributed by atoms with Crippen molar-refractivity contribution in [3.05, 3.63) is 43.0 Å². The molecule has 0 radical (unpaired) electrons. The largest absolute Gasteiger partial charge is 0.394 e. The lowest BCUT2D eigenvalue weighted by Crippen LogP contribution is -2.33. The summed E-state index contributed by atoms with van der Waals surface area (Å²) in [4.78, 5) is 27.5. The van der Waals surface area contributed by atoms with E-state index in [-0.39, 0.29) is 5.56 Å². The lowest BCUT2D eigenvalue weighted by molar-refractivity contribution is -0.00208. The van der Waals surface area contributed by atoms with Crippen LogP contribution in [0.2, 0.25) is 0 Å². The molecule has 2 heterocycles. The van der Waals surface area contributed by atoms with Gasteiger partial charge in [0, 0.05) is 18.2 Å². The molecule has 0 saturated carbocycles. The Hall–Kier alpha value is -2.16. The van der Waals surface area contributed by atoms with Gasteiger partial charge in [-0.15, -0.1) is 0 Å². The highest BCUT2D eigenvalue weighted by molar-refractivity contribution is 5.15. The van der Waals surface area contributed by atoms with E-state index in [0.717, 1.165) is 10.8 Å². The van der Waals surface area contributed by atoms with Crippen molar-refractivity contribution < 1.29 is 14.2 Å². The van der Waals surface area contributed by atoms with Crippen LogP contribution < -0.4 is 11.2 Å². The van der Waals surface area contributed by atoms with E-state index < -0.39 is 42.3 Å². The molecule has 20 heavy (non-hydrogen) atoms. The van der Waals surface area contributed by atoms with Crippen LogP contribution in [0, 0.1) is 0 Å². The number of hydrogen-bond acceptors (Lipinski definition) is 5. The van der Waals surface area contributed by atoms with Gasteiger partial charge in [0.05, 0.1) is 24.3 Å². The van der Waals surface area contributed by atoms with Gasteiger partial charge in [-0.05, 0) is 5.53 Å². The van der Waals surface area contributed by atoms with Gasteiger partial charge in [-0.25, -0.2) is 9.18 Å². The zero-order valence-electron chi connectivity index (χ0n) is 10.4. The summed E-state index contributed by atoms with van der Waals surface area (Å²) in [6.45, 7) is -0.551. The van der Waals surface area contributed by atoms with Gasteiger partial charge < -0.3 is 14.4 Å². The molecule has 0 spiro atoms. The quantitative estimate of drug-likeness (QED) is 0.441. The Morgan fingerprint density at radius 3 is 2.95 bits per heavy atom. The summed E-state index contributed by atoms with van der Waals surface area (Å²) < 4.78 is 20.5. The maximum atomic E-state index is 14.2. The summed E-state index contributed by atoms with van der Waals surface area (Å²) in [7, 11) is 1.39. The second-order valence-electron chi connectivity index (χ2n) is 4.37. The highest BCUT2D eigenvalue weighted by Crippen LogP contribution is 2.35. The molecule has 2 rings (SSSR count). The first-order valence-electron chi connectivity index (χ1n) is 5.74. The van der Waals surface area contributed by atoms with Crippen LogP contribution in [-0.4, -0.2) is 39.6 Å². The van der Waals surface area contributed by atoms with Crippen LogP contribution in [0.25, 0.3) is 10.4 Å². The van der Waals surface area contributed by atoms with Gasteiger partial charge in [0.25, 0.3) is 5.56 Å². The SMILES string of the molecule is Cn1cc([C@@H]2O[C@H](CO)[C@@H](N=[N+]=[N-])[C@@H]2F)c(=O)[nH]c1=O. The van der Waals surface area contributed by atoms with Gasteiger partial charge in [-0.2, -0.15) is 0 Å². The van der Waals surface area contributed by atoms with E-state index >= 15 is 0 Å². The summed E-state index contributed by atoms with van der Waals surface area (Å²) in [6.07, 6.45) is -2.98. The molecule has 1 aromatic rings. The monoisotopic (exact) mass is 285 g/mol. The number of aliphatic hydroxyl groups excluding tert-OH is 1. The van der Waals surface area contributed by atoms with Crippen molar-refractivity contribution >= 4 is 0 Å². The van der Waals surface area contributed by atoms with E-state index in [1.54, 1.807) is 0 Å². The molecular weight excluding hydrogens is 273 g/mol. The Balaban J connectivity index is 2.44. The van der Waals surface area contributed by atoms with E-state index in [1.165, 1.54) is 7.05 Å². The van der Waals surface area contributed by atoms with Crippen molar-refractivity contribution in [2.75, 3.05) is 6.61 Å². The van der Waals surface area contributed by atoms with Crippen LogP contribution in [0.15, 0.2) is 20.9 Å². The third-order valence-electron chi connectivity index (χ3n) is 3.12. The molecule has 0 aliphatic carbocycles. The molecule has 0 amide bonds. The standard InChI is InChI=1S/C10H12FN5O4/c1-16-2-4(9(18)13-10(16)19)8-6(11)7(14-15-12)5(3-17)20-8/h2,5-8,17H,3H2,1H3,(H,13,18,19)/t5-,6+,7-,8+/m1/s1. The van der Waals surface area contributed by atoms with Crippen LogP contribution >= 0.6 is 0 Å². The number of aryl methyl sites for hydroxylation is 1. The summed E-state index contributed by atoms with van der Waals surface area (Å²) in [6, 6.07) is -1.23. The van der Waals surface area contributed by atoms with Crippen LogP contribution in [0.4, 0.5) is 4.39 Å². The maximum absolute atomic E-state index is 14.2. The molecule has 10 heteroatoms. The number of azide groups is 1. The number of nitrogens with one attached hydrogen (secondary N) is 1. The van der Waals surface area contributed by atoms with Crippen LogP contribution in [0.3, 0.4) is 0 Å². The van der Waals surface area contributed by atoms with Crippen molar-refractivity contribution in [1.82, 2.24) is 9.55 Å². The van der Waals surface area contributed by atoms with E-state index in [4.69, 9.17) is 15.4 Å². The van der Waals surface area contributed by atoms with E-state index in [2.05, 4.69) is 10.0 Å². The minimum absolute atomic E-state index is 0.103. The molecular formula is C10H12FN5O4. The molecule has 1 aromatic heterocycles. The molecule has 0 bridgehead atoms. The fraction of sp³-hybridized carbons (Fsp3) is 0.600. The van der Waals surface area contributed by atoms with Crippen LogP contribution in [0.5, 0.6) is 0 Å². The Bertz CT molecular complexity index is 664. The first kappa shape index (κ1) is 14.3. The first-order chi connectivity index (χ1) is 9.49. The molecule has 9 nitrogen and oxygen atoms in total. The van der Waals surface area contributed by atoms with Crippen molar-refractivity contribution in [3.8, 4) is 0 Å². The molecule has 1 aliphatic rings. The van der Waals surface area contributed by atoms with E-state index in [9.17, 15) is 14.0 Å². The predicted molar refractivity (Wildman–Crippen MR) is 64.8 cm³/mol. The lowest BCUT2D eigenvalue weighted by atomic mass is 10.0. The fourth-order valence-electron chi connectivity index (χ4n) is 2.11. The number of nitrogens with zero attached hydrogens (tertiary/aromatic N) is 4. The van der Waals surface area contributed by atoms with Gasteiger partial charge in [-0.1, -0.05) is 5.11 Å². The molecule has 1 aliphatic heterocycles. The van der Waals surface area contributed by atoms with Crippen molar-refractivity contribution in [1.29, 1.82) is 0 Å². The number of ether oxygens (including phenoxy) is 1. The molecule has 1 saturated heterocycles. The lowest BCUT2D eigenvalue weighted by Gasteiger charge is -2.13. The molecule has 108 valence electrons. The number of aliphatic hydroxyl groups is 1. The number of aromatic amines is 1. The van der Waals surface area contributed by atoms with Gasteiger partial charge in [0.1, 0.15) is 12.3 Å². The predicted octanol–water partition coefficient (Wildman–Crippen LogP) is -0.477. The molecule has 0 unspecified atom stereocenters. The van der Waals surface area contributed by atoms with Crippen molar-refractivity contribution in [3.63, 3.8) is 0 Å². The van der Waals surface area contributed by atoms with E-state index in [1.807, 2.05) is 4.98 Å². The van der Waals surface area contributed by atoms with Gasteiger partial charge in [0.15, 0.2) is 0 Å². The summed E-state index contributed by atoms with van der Waals surface area (Å²) >= 11 is 0. The summed E-state index contributed by atoms with van der Waals surface area (Å²) in [5.41, 5.74) is 6.87. The van der Waals surface area contributed by atoms with Gasteiger partial charge >= 0.3 is 5.69 Å². The Kier molecular flexibility index (Phi) is 3.89. The Labute approximate surface area is 111 Å². The number of aromatic nitrogens is 2. The third kappa shape index (κ3) is 2.31. The molecule has 4 atom stereocenters. The minimum atomic E-state index is -1.79. The van der Waals surface area contributed by atoms with E-state index in [0.29, 0.717) is 0 Å². The Morgan fingerprint density at radius 1 is 1.65 bits per heavy atom. The second-order valence-corrected chi connectivity index (χ2v) is 4.37. The molecule has 2 N–H and O–H groups in total. The number of rotatable bonds is 3.